The molecule has 1 N–H and O–H groups in total. The number of nitro groups is 1. The molecule has 1 rings (SSSR count). The normalized spacial score (nSPS) is 18.1. The molecule has 0 spiro atoms. The highest BCUT2D eigenvalue weighted by atomic mass is 16.6. The molecule has 1 aliphatic rings. The molecule has 1 radical (unpaired) electrons. The maximum atomic E-state index is 9.73. The summed E-state index contributed by atoms with van der Waals surface area (Å²) < 4.78 is 0. The quantitative estimate of drug-likeness (QED) is 0.270. The molecule has 0 aromatic heterocycles. The van der Waals surface area contributed by atoms with Gasteiger partial charge in [-0.3, -0.25) is 0 Å². The Morgan fingerprint density at radius 1 is 1.78 bits per heavy atom. The number of hydrogen-bond acceptors (Lipinski definition) is 7. The smallest absolute Gasteiger partial charge is 0.390 e. The summed E-state index contributed by atoms with van der Waals surface area (Å²) in [6.45, 7) is 0. The van der Waals surface area contributed by atoms with Crippen LogP contribution in [0.25, 0.3) is 0 Å². The van der Waals surface area contributed by atoms with Gasteiger partial charge < -0.3 is 10.1 Å². The predicted molar refractivity (Wildman–Crippen MR) is 23.2 cm³/mol. The fraction of sp³-hybridized carbons (Fsp3) is 0. The SMILES string of the molecule is O=[N+]([O-])C1=N[N+](O)N=N1. The first-order chi connectivity index (χ1) is 4.20. The van der Waals surface area contributed by atoms with E-state index in [0.29, 0.717) is 0 Å². The molecule has 0 saturated carbocycles. The lowest BCUT2D eigenvalue weighted by atomic mass is 11.1. The van der Waals surface area contributed by atoms with Crippen LogP contribution >= 0.6 is 0 Å². The topological polar surface area (TPSA) is 106 Å². The molecule has 1 heterocycles. The Morgan fingerprint density at radius 3 is 2.67 bits per heavy atom. The van der Waals surface area contributed by atoms with Gasteiger partial charge in [0.25, 0.3) is 10.3 Å². The Hall–Kier alpha value is -1.41. The van der Waals surface area contributed by atoms with Gasteiger partial charge in [-0.25, -0.2) is 0 Å². The van der Waals surface area contributed by atoms with Crippen LogP contribution in [0.4, 0.5) is 0 Å². The van der Waals surface area contributed by atoms with Gasteiger partial charge in [-0.15, -0.1) is 0 Å². The molecule has 0 bridgehead atoms. The summed E-state index contributed by atoms with van der Waals surface area (Å²) in [7, 11) is 0. The van der Waals surface area contributed by atoms with Gasteiger partial charge in [-0.2, -0.15) is 0 Å². The summed E-state index contributed by atoms with van der Waals surface area (Å²) in [4.78, 5) is 8.87. The zero-order valence-electron chi connectivity index (χ0n) is 4.00. The highest BCUT2D eigenvalue weighted by Crippen LogP contribution is 1.95. The second-order valence-corrected chi connectivity index (χ2v) is 1.11. The predicted octanol–water partition coefficient (Wildman–Crippen LogP) is -0.556. The van der Waals surface area contributed by atoms with Crippen LogP contribution < -0.4 is 5.28 Å². The van der Waals surface area contributed by atoms with Crippen LogP contribution in [0.2, 0.25) is 0 Å². The third-order valence-corrected chi connectivity index (χ3v) is 0.556. The van der Waals surface area contributed by atoms with Crippen molar-refractivity contribution in [1.82, 2.24) is 5.28 Å². The van der Waals surface area contributed by atoms with Gasteiger partial charge in [-0.05, 0) is 4.92 Å². The van der Waals surface area contributed by atoms with Crippen molar-refractivity contribution in [3.63, 3.8) is 0 Å². The van der Waals surface area contributed by atoms with Crippen LogP contribution in [0.1, 0.15) is 0 Å². The number of guanidine groups is 1. The van der Waals surface area contributed by atoms with Crippen molar-refractivity contribution in [2.45, 2.75) is 0 Å². The van der Waals surface area contributed by atoms with E-state index in [-0.39, 0.29) is 5.28 Å². The van der Waals surface area contributed by atoms with Crippen LogP contribution in [0, 0.1) is 10.1 Å². The van der Waals surface area contributed by atoms with E-state index in [4.69, 9.17) is 5.21 Å². The molecule has 0 aromatic carbocycles. The zero-order chi connectivity index (χ0) is 6.85. The van der Waals surface area contributed by atoms with Crippen molar-refractivity contribution in [2.75, 3.05) is 0 Å². The Morgan fingerprint density at radius 2 is 2.44 bits per heavy atom. The highest BCUT2D eigenvalue weighted by Gasteiger charge is 2.35. The Balaban J connectivity index is 2.75. The molecule has 8 nitrogen and oxygen atoms in total. The average Bonchev–Trinajstić information content (AvgIpc) is 2.14. The summed E-state index contributed by atoms with van der Waals surface area (Å²) in [6, 6.07) is 0. The van der Waals surface area contributed by atoms with E-state index >= 15 is 0 Å². The molecular weight excluding hydrogens is 130 g/mol. The number of rotatable bonds is 0. The molecule has 47 valence electrons. The third kappa shape index (κ3) is 1.03. The van der Waals surface area contributed by atoms with Crippen LogP contribution in [0.3, 0.4) is 0 Å². The molecule has 9 heavy (non-hydrogen) atoms. The van der Waals surface area contributed by atoms with Crippen molar-refractivity contribution < 1.29 is 10.1 Å². The van der Waals surface area contributed by atoms with Gasteiger partial charge in [0.1, 0.15) is 5.11 Å². The first-order valence-electron chi connectivity index (χ1n) is 1.84. The first kappa shape index (κ1) is 5.72. The van der Waals surface area contributed by atoms with E-state index in [1.807, 2.05) is 0 Å². The van der Waals surface area contributed by atoms with Crippen LogP contribution in [-0.4, -0.2) is 16.1 Å². The van der Waals surface area contributed by atoms with Gasteiger partial charge in [0.2, 0.25) is 0 Å². The van der Waals surface area contributed by atoms with Gasteiger partial charge in [0, 0.05) is 0 Å². The molecule has 0 unspecified atom stereocenters. The fourth-order valence-electron chi connectivity index (χ4n) is 0.273. The Bertz CT molecular complexity index is 194. The maximum Gasteiger partial charge on any atom is 0.562 e. The second kappa shape index (κ2) is 1.84. The van der Waals surface area contributed by atoms with Crippen molar-refractivity contribution in [1.29, 1.82) is 0 Å². The lowest BCUT2D eigenvalue weighted by molar-refractivity contribution is -0.352. The summed E-state index contributed by atoms with van der Waals surface area (Å²) in [5.74, 6) is -0.725. The third-order valence-electron chi connectivity index (χ3n) is 0.556. The van der Waals surface area contributed by atoms with E-state index < -0.39 is 10.9 Å². The molecule has 0 fully saturated rings. The summed E-state index contributed by atoms with van der Waals surface area (Å²) >= 11 is 0. The van der Waals surface area contributed by atoms with Crippen molar-refractivity contribution >= 4 is 5.96 Å². The molecule has 0 saturated heterocycles. The molecular formula is CHN5O3+. The Labute approximate surface area is 48.2 Å². The van der Waals surface area contributed by atoms with Gasteiger partial charge in [0.15, 0.2) is 0 Å². The summed E-state index contributed by atoms with van der Waals surface area (Å²) in [5, 5.41) is 26.5. The van der Waals surface area contributed by atoms with E-state index in [1.54, 1.807) is 0 Å². The molecule has 0 amide bonds. The van der Waals surface area contributed by atoms with Crippen molar-refractivity contribution in [3.05, 3.63) is 10.1 Å². The summed E-state index contributed by atoms with van der Waals surface area (Å²) in [6.07, 6.45) is 0. The van der Waals surface area contributed by atoms with E-state index in [2.05, 4.69) is 15.4 Å². The second-order valence-electron chi connectivity index (χ2n) is 1.11. The molecule has 0 aromatic rings. The minimum atomic E-state index is -0.861. The van der Waals surface area contributed by atoms with Gasteiger partial charge in [0.05, 0.1) is 0 Å². The van der Waals surface area contributed by atoms with Crippen LogP contribution in [-0.2, 0) is 0 Å². The standard InChI is InChI=1S/CHN5O3/c7-5(8)1-2-4-6(9)3-1/h9H/q+1. The first-order valence-corrected chi connectivity index (χ1v) is 1.84. The fourth-order valence-corrected chi connectivity index (χ4v) is 0.273. The minimum Gasteiger partial charge on any atom is -0.390 e. The van der Waals surface area contributed by atoms with E-state index in [0.717, 1.165) is 0 Å². The van der Waals surface area contributed by atoms with Crippen molar-refractivity contribution in [2.24, 2.45) is 15.4 Å². The highest BCUT2D eigenvalue weighted by molar-refractivity contribution is 5.72. The molecule has 1 aliphatic heterocycles. The van der Waals surface area contributed by atoms with E-state index in [1.165, 1.54) is 0 Å². The van der Waals surface area contributed by atoms with Gasteiger partial charge >= 0.3 is 11.2 Å². The van der Waals surface area contributed by atoms with Gasteiger partial charge in [-0.1, -0.05) is 5.21 Å². The van der Waals surface area contributed by atoms with Crippen molar-refractivity contribution in [3.8, 4) is 0 Å². The largest absolute Gasteiger partial charge is 0.562 e. The lowest BCUT2D eigenvalue weighted by Crippen LogP contribution is -2.10. The number of nitrogens with zero attached hydrogens (tertiary/aromatic N) is 5. The molecule has 0 aliphatic carbocycles. The minimum absolute atomic E-state index is 0.0259. The lowest BCUT2D eigenvalue weighted by Gasteiger charge is -1.79. The average molecular weight is 131 g/mol. The van der Waals surface area contributed by atoms with Crippen LogP contribution in [0.5, 0.6) is 0 Å². The summed E-state index contributed by atoms with van der Waals surface area (Å²) in [5.41, 5.74) is 0. The zero-order valence-corrected chi connectivity index (χ0v) is 4.00. The molecule has 0 atom stereocenters. The molecule has 8 heteroatoms. The van der Waals surface area contributed by atoms with Crippen LogP contribution in [0.15, 0.2) is 15.4 Å². The maximum absolute atomic E-state index is 9.73. The monoisotopic (exact) mass is 131 g/mol. The van der Waals surface area contributed by atoms with E-state index in [9.17, 15) is 10.1 Å². The number of hydrogen-bond donors (Lipinski definition) is 1. The Kier molecular flexibility index (Phi) is 1.17. The number of hydrazone groups is 1.